The molecule has 14 heavy (non-hydrogen) atoms. The minimum atomic E-state index is -0.894. The van der Waals surface area contributed by atoms with Gasteiger partial charge in [0.25, 0.3) is 0 Å². The molecule has 1 aromatic carbocycles. The molecular weight excluding hydrogens is 178 g/mol. The van der Waals surface area contributed by atoms with Crippen molar-refractivity contribution in [3.63, 3.8) is 0 Å². The Bertz CT molecular complexity index is 345. The van der Waals surface area contributed by atoms with Crippen molar-refractivity contribution in [3.05, 3.63) is 36.2 Å². The Balaban J connectivity index is 3.18. The van der Waals surface area contributed by atoms with E-state index in [1.54, 1.807) is 12.1 Å². The molecule has 0 fully saturated rings. The van der Waals surface area contributed by atoms with E-state index in [1.165, 1.54) is 0 Å². The van der Waals surface area contributed by atoms with Crippen LogP contribution in [0.1, 0.15) is 15.9 Å². The van der Waals surface area contributed by atoms with E-state index >= 15 is 0 Å². The smallest absolute Gasteiger partial charge is 0.335 e. The van der Waals surface area contributed by atoms with Crippen LogP contribution in [0.5, 0.6) is 0 Å². The van der Waals surface area contributed by atoms with Crippen LogP contribution in [0.15, 0.2) is 18.2 Å². The molecule has 0 saturated heterocycles. The highest BCUT2D eigenvalue weighted by Gasteiger charge is 2.09. The third-order valence-corrected chi connectivity index (χ3v) is 2.10. The minimum Gasteiger partial charge on any atom is -0.478 e. The van der Waals surface area contributed by atoms with Gasteiger partial charge in [-0.25, -0.2) is 4.79 Å². The highest BCUT2D eigenvalue weighted by molar-refractivity contribution is 5.90. The van der Waals surface area contributed by atoms with E-state index in [4.69, 9.17) is 5.11 Å². The van der Waals surface area contributed by atoms with Gasteiger partial charge in [0, 0.05) is 19.8 Å². The summed E-state index contributed by atoms with van der Waals surface area (Å²) in [6.07, 6.45) is 0.489. The van der Waals surface area contributed by atoms with Gasteiger partial charge in [0.1, 0.15) is 0 Å². The first kappa shape index (κ1) is 10.6. The Morgan fingerprint density at radius 2 is 2.14 bits per heavy atom. The normalized spacial score (nSPS) is 9.93. The number of hydrogen-bond donors (Lipinski definition) is 1. The molecule has 0 spiro atoms. The number of rotatable bonds is 3. The number of hydrogen-bond acceptors (Lipinski definition) is 2. The Morgan fingerprint density at radius 1 is 1.50 bits per heavy atom. The van der Waals surface area contributed by atoms with E-state index in [1.807, 2.05) is 25.1 Å². The molecule has 1 aromatic rings. The Labute approximate surface area is 84.0 Å². The second-order valence-electron chi connectivity index (χ2n) is 3.29. The molecule has 1 N–H and O–H groups in total. The van der Waals surface area contributed by atoms with Gasteiger partial charge in [0.15, 0.2) is 0 Å². The molecular formula is C11H14NO2. The van der Waals surface area contributed by atoms with Crippen molar-refractivity contribution in [1.29, 1.82) is 0 Å². The van der Waals surface area contributed by atoms with Crippen LogP contribution in [0.4, 0.5) is 5.69 Å². The summed E-state index contributed by atoms with van der Waals surface area (Å²) < 4.78 is 0. The van der Waals surface area contributed by atoms with Crippen molar-refractivity contribution in [2.24, 2.45) is 0 Å². The topological polar surface area (TPSA) is 40.5 Å². The number of carbonyl (C=O) groups is 1. The van der Waals surface area contributed by atoms with Gasteiger partial charge in [0.2, 0.25) is 0 Å². The SMILES string of the molecule is [CH2]Cc1cc(N(C)C)ccc1C(=O)O. The summed E-state index contributed by atoms with van der Waals surface area (Å²) in [5, 5.41) is 8.88. The number of nitrogens with zero attached hydrogens (tertiary/aromatic N) is 1. The fourth-order valence-corrected chi connectivity index (χ4v) is 1.27. The first-order chi connectivity index (χ1) is 6.56. The molecule has 0 atom stereocenters. The van der Waals surface area contributed by atoms with Crippen LogP contribution in [0.2, 0.25) is 0 Å². The minimum absolute atomic E-state index is 0.339. The number of benzene rings is 1. The van der Waals surface area contributed by atoms with Crippen molar-refractivity contribution in [2.75, 3.05) is 19.0 Å². The van der Waals surface area contributed by atoms with Gasteiger partial charge in [0.05, 0.1) is 5.56 Å². The second-order valence-corrected chi connectivity index (χ2v) is 3.29. The monoisotopic (exact) mass is 192 g/mol. The first-order valence-electron chi connectivity index (χ1n) is 4.39. The molecule has 1 radical (unpaired) electrons. The van der Waals surface area contributed by atoms with Gasteiger partial charge in [-0.15, -0.1) is 0 Å². The Kier molecular flexibility index (Phi) is 3.12. The molecule has 0 saturated carbocycles. The van der Waals surface area contributed by atoms with Crippen LogP contribution in [0.3, 0.4) is 0 Å². The number of aromatic carboxylic acids is 1. The molecule has 3 heteroatoms. The number of anilines is 1. The van der Waals surface area contributed by atoms with E-state index in [0.717, 1.165) is 11.3 Å². The summed E-state index contributed by atoms with van der Waals surface area (Å²) in [6, 6.07) is 5.28. The lowest BCUT2D eigenvalue weighted by Crippen LogP contribution is -2.10. The van der Waals surface area contributed by atoms with Crippen molar-refractivity contribution < 1.29 is 9.90 Å². The lowest BCUT2D eigenvalue weighted by Gasteiger charge is -2.14. The fourth-order valence-electron chi connectivity index (χ4n) is 1.27. The standard InChI is InChI=1S/C11H14NO2/c1-4-8-7-9(12(2)3)5-6-10(8)11(13)14/h5-7H,1,4H2,2-3H3,(H,13,14). The highest BCUT2D eigenvalue weighted by atomic mass is 16.4. The molecule has 0 aliphatic carbocycles. The van der Waals surface area contributed by atoms with Gasteiger partial charge in [-0.1, -0.05) is 0 Å². The van der Waals surface area contributed by atoms with E-state index in [9.17, 15) is 4.79 Å². The van der Waals surface area contributed by atoms with Gasteiger partial charge >= 0.3 is 5.97 Å². The molecule has 0 bridgehead atoms. The molecule has 1 rings (SSSR count). The van der Waals surface area contributed by atoms with Gasteiger partial charge < -0.3 is 10.0 Å². The molecule has 0 aliphatic heterocycles. The van der Waals surface area contributed by atoms with Crippen molar-refractivity contribution >= 4 is 11.7 Å². The van der Waals surface area contributed by atoms with Crippen molar-refractivity contribution in [1.82, 2.24) is 0 Å². The lowest BCUT2D eigenvalue weighted by atomic mass is 10.0. The largest absolute Gasteiger partial charge is 0.478 e. The molecule has 0 heterocycles. The van der Waals surface area contributed by atoms with E-state index < -0.39 is 5.97 Å². The van der Waals surface area contributed by atoms with Gasteiger partial charge in [-0.2, -0.15) is 0 Å². The molecule has 75 valence electrons. The average Bonchev–Trinajstić information content (AvgIpc) is 2.16. The molecule has 0 amide bonds. The van der Waals surface area contributed by atoms with Crippen LogP contribution >= 0.6 is 0 Å². The van der Waals surface area contributed by atoms with Crippen LogP contribution < -0.4 is 4.90 Å². The maximum Gasteiger partial charge on any atom is 0.335 e. The Morgan fingerprint density at radius 3 is 2.57 bits per heavy atom. The lowest BCUT2D eigenvalue weighted by molar-refractivity contribution is 0.0696. The average molecular weight is 192 g/mol. The van der Waals surface area contributed by atoms with Crippen LogP contribution in [-0.2, 0) is 6.42 Å². The third-order valence-electron chi connectivity index (χ3n) is 2.10. The summed E-state index contributed by atoms with van der Waals surface area (Å²) in [6.45, 7) is 3.72. The third kappa shape index (κ3) is 2.05. The van der Waals surface area contributed by atoms with Crippen LogP contribution in [0.25, 0.3) is 0 Å². The quantitative estimate of drug-likeness (QED) is 0.794. The molecule has 3 nitrogen and oxygen atoms in total. The van der Waals surface area contributed by atoms with E-state index in [0.29, 0.717) is 12.0 Å². The van der Waals surface area contributed by atoms with Gasteiger partial charge in [-0.3, -0.25) is 0 Å². The van der Waals surface area contributed by atoms with Gasteiger partial charge in [-0.05, 0) is 37.1 Å². The zero-order chi connectivity index (χ0) is 10.7. The second kappa shape index (κ2) is 4.13. The van der Waals surface area contributed by atoms with Crippen LogP contribution in [0, 0.1) is 6.92 Å². The first-order valence-corrected chi connectivity index (χ1v) is 4.39. The van der Waals surface area contributed by atoms with E-state index in [-0.39, 0.29) is 0 Å². The maximum absolute atomic E-state index is 10.8. The summed E-state index contributed by atoms with van der Waals surface area (Å²) in [5.41, 5.74) is 2.10. The number of carboxylic acid groups (broad SMARTS) is 1. The molecule has 0 aliphatic rings. The summed E-state index contributed by atoms with van der Waals surface area (Å²) in [7, 11) is 3.84. The molecule has 0 aromatic heterocycles. The van der Waals surface area contributed by atoms with Crippen LogP contribution in [-0.4, -0.2) is 25.2 Å². The summed E-state index contributed by atoms with van der Waals surface area (Å²) in [5.74, 6) is -0.894. The van der Waals surface area contributed by atoms with Crippen molar-refractivity contribution in [2.45, 2.75) is 6.42 Å². The highest BCUT2D eigenvalue weighted by Crippen LogP contribution is 2.18. The zero-order valence-corrected chi connectivity index (χ0v) is 8.45. The zero-order valence-electron chi connectivity index (χ0n) is 8.45. The summed E-state index contributed by atoms with van der Waals surface area (Å²) in [4.78, 5) is 12.8. The predicted octanol–water partition coefficient (Wildman–Crippen LogP) is 1.83. The Hall–Kier alpha value is -1.51. The number of carboxylic acids is 1. The molecule has 0 unspecified atom stereocenters. The fraction of sp³-hybridized carbons (Fsp3) is 0.273. The predicted molar refractivity (Wildman–Crippen MR) is 56.8 cm³/mol. The maximum atomic E-state index is 10.8. The van der Waals surface area contributed by atoms with Crippen molar-refractivity contribution in [3.8, 4) is 0 Å². The van der Waals surface area contributed by atoms with E-state index in [2.05, 4.69) is 6.92 Å². The summed E-state index contributed by atoms with van der Waals surface area (Å²) >= 11 is 0.